The van der Waals surface area contributed by atoms with E-state index in [1.54, 1.807) is 36.4 Å². The minimum atomic E-state index is -2.71. The predicted octanol–water partition coefficient (Wildman–Crippen LogP) is 14.0. The molecule has 10 aromatic rings. The Labute approximate surface area is 327 Å². The first kappa shape index (κ1) is 27.0. The van der Waals surface area contributed by atoms with Crippen molar-refractivity contribution in [2.75, 3.05) is 0 Å². The number of rotatable bonds is 5. The second kappa shape index (κ2) is 12.2. The van der Waals surface area contributed by atoms with Gasteiger partial charge in [-0.2, -0.15) is 5.26 Å². The van der Waals surface area contributed by atoms with E-state index in [1.807, 2.05) is 36.4 Å². The van der Waals surface area contributed by atoms with E-state index in [0.717, 1.165) is 49.7 Å². The van der Waals surface area contributed by atoms with Gasteiger partial charge >= 0.3 is 0 Å². The molecule has 0 amide bonds. The third-order valence-corrected chi connectivity index (χ3v) is 11.0. The fourth-order valence-corrected chi connectivity index (χ4v) is 8.37. The zero-order chi connectivity index (χ0) is 42.7. The molecule has 3 heterocycles. The molecule has 0 aliphatic heterocycles. The smallest absolute Gasteiger partial charge is 0.149 e. The fourth-order valence-electron chi connectivity index (χ4n) is 8.37. The number of benzene rings is 7. The Bertz CT molecular complexity index is 3440. The van der Waals surface area contributed by atoms with Gasteiger partial charge in [-0.1, -0.05) is 94.4 Å². The largest absolute Gasteiger partial charge is 0.456 e. The molecule has 5 nitrogen and oxygen atoms in total. The van der Waals surface area contributed by atoms with Gasteiger partial charge in [0, 0.05) is 40.7 Å². The van der Waals surface area contributed by atoms with Gasteiger partial charge in [-0.15, -0.1) is 0 Å². The average Bonchev–Trinajstić information content (AvgIpc) is 3.92. The second-order valence-electron chi connectivity index (χ2n) is 15.0. The summed E-state index contributed by atoms with van der Waals surface area (Å²) in [5.74, 6) is 0.686. The van der Waals surface area contributed by atoms with Gasteiger partial charge in [-0.3, -0.25) is 4.57 Å². The van der Waals surface area contributed by atoms with Crippen molar-refractivity contribution < 1.29 is 17.1 Å². The highest BCUT2D eigenvalue weighted by Gasteiger charge is 2.28. The van der Waals surface area contributed by atoms with Gasteiger partial charge in [0.15, 0.2) is 0 Å². The van der Waals surface area contributed by atoms with Crippen LogP contribution in [0.3, 0.4) is 0 Å². The van der Waals surface area contributed by atoms with Gasteiger partial charge in [-0.25, -0.2) is 4.98 Å². The van der Waals surface area contributed by atoms with E-state index < -0.39 is 13.7 Å². The number of nitriles is 1. The van der Waals surface area contributed by atoms with Gasteiger partial charge in [-0.05, 0) is 107 Å². The number of nitrogens with zero attached hydrogens (tertiary/aromatic N) is 3. The van der Waals surface area contributed by atoms with Crippen LogP contribution in [0.4, 0.5) is 0 Å². The molecule has 0 atom stereocenters. The monoisotopic (exact) mass is 719 g/mol. The van der Waals surface area contributed by atoms with E-state index in [9.17, 15) is 5.26 Å². The minimum Gasteiger partial charge on any atom is -0.456 e. The molecule has 7 aromatic carbocycles. The summed E-state index contributed by atoms with van der Waals surface area (Å²) in [4.78, 5) is 5.38. The quantitative estimate of drug-likeness (QED) is 0.178. The Kier molecular flexibility index (Phi) is 5.99. The van der Waals surface area contributed by atoms with Crippen LogP contribution in [-0.4, -0.2) is 9.55 Å². The second-order valence-corrected chi connectivity index (χ2v) is 15.0. The fraction of sp³-hybridized carbons (Fsp3) is 0.160. The highest BCUT2D eigenvalue weighted by Crippen LogP contribution is 2.46. The maximum absolute atomic E-state index is 9.60. The Morgan fingerprint density at radius 1 is 0.673 bits per heavy atom. The lowest BCUT2D eigenvalue weighted by molar-refractivity contribution is 0.662. The molecule has 266 valence electrons. The summed E-state index contributed by atoms with van der Waals surface area (Å²) in [6.45, 7) is 3.45. The van der Waals surface area contributed by atoms with Crippen LogP contribution in [0.5, 0.6) is 0 Å². The maximum atomic E-state index is 9.60. The Hall–Kier alpha value is -6.64. The highest BCUT2D eigenvalue weighted by molar-refractivity contribution is 6.19. The van der Waals surface area contributed by atoms with Crippen molar-refractivity contribution in [3.05, 3.63) is 143 Å². The van der Waals surface area contributed by atoms with Crippen molar-refractivity contribution in [3.63, 3.8) is 0 Å². The molecule has 0 aliphatic rings. The summed E-state index contributed by atoms with van der Waals surface area (Å²) in [5, 5.41) is 13.0. The summed E-state index contributed by atoms with van der Waals surface area (Å²) >= 11 is 0. The number of imidazole rings is 1. The lowest BCUT2D eigenvalue weighted by Gasteiger charge is -2.24. The van der Waals surface area contributed by atoms with E-state index in [4.69, 9.17) is 22.0 Å². The van der Waals surface area contributed by atoms with Crippen molar-refractivity contribution in [1.29, 1.82) is 5.26 Å². The SMILES string of the molecule is [2H]C([2H])([2H])c1c2oc3c(-c4nc5ccc6ccccc6c5n4-c4c(C(C)C)cc(-c5ccccc5)cc4C(C)C)ccc(C([2H])([2H])[2H])c3c2cc2oc3cc(C#N)ccc3c12. The normalized spacial score (nSPS) is 14.2. The van der Waals surface area contributed by atoms with Crippen LogP contribution in [0.2, 0.25) is 0 Å². The van der Waals surface area contributed by atoms with Gasteiger partial charge in [0.05, 0.1) is 33.9 Å². The van der Waals surface area contributed by atoms with E-state index >= 15 is 0 Å². The molecule has 0 unspecified atom stereocenters. The lowest BCUT2D eigenvalue weighted by atomic mass is 9.88. The van der Waals surface area contributed by atoms with Crippen LogP contribution in [0, 0.1) is 25.0 Å². The Morgan fingerprint density at radius 2 is 1.45 bits per heavy atom. The van der Waals surface area contributed by atoms with Gasteiger partial charge in [0.2, 0.25) is 0 Å². The van der Waals surface area contributed by atoms with Crippen LogP contribution < -0.4 is 0 Å². The van der Waals surface area contributed by atoms with E-state index in [1.165, 1.54) is 0 Å². The summed E-state index contributed by atoms with van der Waals surface area (Å²) in [7, 11) is 0. The molecule has 5 heteroatoms. The predicted molar refractivity (Wildman–Crippen MR) is 226 cm³/mol. The molecule has 0 aliphatic carbocycles. The van der Waals surface area contributed by atoms with Crippen LogP contribution in [0.15, 0.2) is 124 Å². The maximum Gasteiger partial charge on any atom is 0.149 e. The van der Waals surface area contributed by atoms with E-state index in [2.05, 4.69) is 80.8 Å². The van der Waals surface area contributed by atoms with Gasteiger partial charge in [0.1, 0.15) is 28.2 Å². The van der Waals surface area contributed by atoms with Crippen molar-refractivity contribution >= 4 is 65.7 Å². The third-order valence-electron chi connectivity index (χ3n) is 11.0. The standard InChI is InChI=1S/C50H39N3O2/c1-27(2)38-23-34(32-12-8-7-9-13-32)24-39(28(3)4)46(38)53-47-35-15-11-10-14-33(35)18-21-41(47)52-50(53)37-19-16-29(5)44-40-25-43-45(30(6)48(40)55-49(37)44)36-20-17-31(26-51)22-42(36)54-43/h7-25,27-28H,1-6H3/i5D3,6D3. The molecule has 3 aromatic heterocycles. The molecule has 0 N–H and O–H groups in total. The summed E-state index contributed by atoms with van der Waals surface area (Å²) in [6.07, 6.45) is 0. The minimum absolute atomic E-state index is 0.00906. The first-order valence-corrected chi connectivity index (χ1v) is 18.6. The molecule has 0 radical (unpaired) electrons. The van der Waals surface area contributed by atoms with Crippen molar-refractivity contribution in [2.45, 2.75) is 53.2 Å². The molecule has 0 spiro atoms. The molecule has 0 fully saturated rings. The summed E-state index contributed by atoms with van der Waals surface area (Å²) in [6, 6.07) is 39.1. The van der Waals surface area contributed by atoms with Crippen LogP contribution in [0.25, 0.3) is 93.9 Å². The van der Waals surface area contributed by atoms with Crippen LogP contribution in [0.1, 0.15) is 75.6 Å². The van der Waals surface area contributed by atoms with Gasteiger partial charge in [0.25, 0.3) is 0 Å². The van der Waals surface area contributed by atoms with Crippen molar-refractivity contribution in [1.82, 2.24) is 9.55 Å². The number of hydrogen-bond donors (Lipinski definition) is 0. The number of hydrogen-bond acceptors (Lipinski definition) is 4. The molecule has 0 saturated heterocycles. The van der Waals surface area contributed by atoms with Crippen molar-refractivity contribution in [3.8, 4) is 34.3 Å². The zero-order valence-electron chi connectivity index (χ0n) is 36.8. The molecule has 10 rings (SSSR count). The van der Waals surface area contributed by atoms with E-state index in [-0.39, 0.29) is 45.1 Å². The molecule has 0 saturated carbocycles. The molecular weight excluding hydrogens is 675 g/mol. The molecular formula is C50H39N3O2. The average molecular weight is 720 g/mol. The van der Waals surface area contributed by atoms with E-state index in [0.29, 0.717) is 38.7 Å². The molecule has 0 bridgehead atoms. The number of furan rings is 2. The van der Waals surface area contributed by atoms with Crippen LogP contribution >= 0.6 is 0 Å². The number of fused-ring (bicyclic) bond motifs is 9. The topological polar surface area (TPSA) is 67.9 Å². The first-order chi connectivity index (χ1) is 29.1. The van der Waals surface area contributed by atoms with Gasteiger partial charge < -0.3 is 8.83 Å². The van der Waals surface area contributed by atoms with Crippen molar-refractivity contribution in [2.24, 2.45) is 0 Å². The first-order valence-electron chi connectivity index (χ1n) is 21.6. The molecule has 55 heavy (non-hydrogen) atoms. The Balaban J connectivity index is 1.39. The summed E-state index contributed by atoms with van der Waals surface area (Å²) in [5.41, 5.74) is 8.64. The van der Waals surface area contributed by atoms with Crippen LogP contribution in [-0.2, 0) is 0 Å². The number of aromatic nitrogens is 2. The lowest BCUT2D eigenvalue weighted by Crippen LogP contribution is -2.09. The summed E-state index contributed by atoms with van der Waals surface area (Å²) < 4.78 is 68.0. The Morgan fingerprint density at radius 3 is 2.20 bits per heavy atom. The highest BCUT2D eigenvalue weighted by atomic mass is 16.3. The third kappa shape index (κ3) is 4.88. The zero-order valence-corrected chi connectivity index (χ0v) is 30.8. The number of aryl methyl sites for hydroxylation is 2.